The monoisotopic (exact) mass is 967 g/mol. The fourth-order valence-electron chi connectivity index (χ4n) is 7.19. The highest BCUT2D eigenvalue weighted by Gasteiger charge is 2.50. The molecule has 12 nitrogen and oxygen atoms in total. The van der Waals surface area contributed by atoms with Crippen molar-refractivity contribution in [3.63, 3.8) is 0 Å². The van der Waals surface area contributed by atoms with Crippen molar-refractivity contribution in [2.45, 2.75) is 225 Å². The third-order valence-electron chi connectivity index (χ3n) is 11.2. The quantitative estimate of drug-likeness (QED) is 0.0229. The van der Waals surface area contributed by atoms with Crippen LogP contribution in [0.25, 0.3) is 0 Å². The van der Waals surface area contributed by atoms with Crippen LogP contribution in [0.4, 0.5) is 0 Å². The molecule has 0 aromatic heterocycles. The lowest BCUT2D eigenvalue weighted by Crippen LogP contribution is -2.61. The Morgan fingerprint density at radius 3 is 1.45 bits per heavy atom. The Bertz CT molecular complexity index is 1570. The molecule has 12 heteroatoms. The number of allylic oxidation sites excluding steroid dienone is 16. The summed E-state index contributed by atoms with van der Waals surface area (Å²) < 4.78 is 28.1. The summed E-state index contributed by atoms with van der Waals surface area (Å²) in [6.07, 6.45) is 45.6. The van der Waals surface area contributed by atoms with Gasteiger partial charge in [-0.1, -0.05) is 182 Å². The van der Waals surface area contributed by atoms with E-state index in [1.165, 1.54) is 44.9 Å². The highest BCUT2D eigenvalue weighted by Crippen LogP contribution is 2.26. The van der Waals surface area contributed by atoms with E-state index in [4.69, 9.17) is 23.7 Å². The van der Waals surface area contributed by atoms with Crippen molar-refractivity contribution in [3.05, 3.63) is 97.2 Å². The van der Waals surface area contributed by atoms with Gasteiger partial charge in [-0.05, 0) is 83.5 Å². The van der Waals surface area contributed by atoms with E-state index in [2.05, 4.69) is 106 Å². The SMILES string of the molecule is CC/C=C\C/C=C\C/C=C\C/C=C\CCCCC(=O)OC1C(OCC(COC(=O)CC/C=C\C/C=C\C/C=C\C/C=C\CC)OC(=O)CCCCCCCCCCCCC)OC(C(=O)O)C(O)C1O. The van der Waals surface area contributed by atoms with Crippen LogP contribution < -0.4 is 0 Å². The molecule has 6 atom stereocenters. The minimum Gasteiger partial charge on any atom is -0.479 e. The Morgan fingerprint density at radius 1 is 0.493 bits per heavy atom. The Labute approximate surface area is 415 Å². The number of carboxylic acid groups (broad SMARTS) is 1. The van der Waals surface area contributed by atoms with Gasteiger partial charge in [0.15, 0.2) is 24.6 Å². The molecule has 0 spiro atoms. The van der Waals surface area contributed by atoms with E-state index in [1.807, 2.05) is 12.2 Å². The standard InChI is InChI=1S/C57H90O12/c1-4-7-10-13-16-19-22-24-25-27-30-33-36-39-42-45-51(60)68-55-53(62)52(61)54(56(63)64)69-57(55)66-47-48(67-50(59)44-41-38-35-32-28-21-18-15-12-9-6-3)46-65-49(58)43-40-37-34-31-29-26-23-20-17-14-11-8-5-2/h7-8,10-11,16-17,19-20,24-26,29-30,33-34,37,48,52-55,57,61-62H,4-6,9,12-15,18,21-23,27-28,31-32,35-36,38-47H2,1-3H3,(H,63,64)/b10-7-,11-8-,19-16-,20-17-,25-24-,29-26-,33-30-,37-34-. The van der Waals surface area contributed by atoms with Crippen molar-refractivity contribution < 1.29 is 58.2 Å². The zero-order valence-corrected chi connectivity index (χ0v) is 42.5. The molecule has 0 bridgehead atoms. The molecule has 1 aliphatic rings. The summed E-state index contributed by atoms with van der Waals surface area (Å²) in [7, 11) is 0. The fraction of sp³-hybridized carbons (Fsp3) is 0.649. The molecule has 0 amide bonds. The first-order chi connectivity index (χ1) is 33.6. The third kappa shape index (κ3) is 35.4. The van der Waals surface area contributed by atoms with Gasteiger partial charge in [0.05, 0.1) is 6.61 Å². The van der Waals surface area contributed by atoms with Crippen molar-refractivity contribution in [1.82, 2.24) is 0 Å². The summed E-state index contributed by atoms with van der Waals surface area (Å²) in [5.41, 5.74) is 0. The molecule has 3 N–H and O–H groups in total. The predicted molar refractivity (Wildman–Crippen MR) is 275 cm³/mol. The lowest BCUT2D eigenvalue weighted by molar-refractivity contribution is -0.301. The zero-order valence-electron chi connectivity index (χ0n) is 42.5. The van der Waals surface area contributed by atoms with Gasteiger partial charge < -0.3 is 39.0 Å². The maximum Gasteiger partial charge on any atom is 0.335 e. The molecule has 1 rings (SSSR count). The van der Waals surface area contributed by atoms with Gasteiger partial charge in [0, 0.05) is 19.3 Å². The van der Waals surface area contributed by atoms with Gasteiger partial charge in [-0.3, -0.25) is 14.4 Å². The van der Waals surface area contributed by atoms with Crippen LogP contribution in [-0.4, -0.2) is 89.2 Å². The van der Waals surface area contributed by atoms with Crippen LogP contribution in [0.1, 0.15) is 188 Å². The van der Waals surface area contributed by atoms with Crippen LogP contribution in [0.15, 0.2) is 97.2 Å². The highest BCUT2D eigenvalue weighted by atomic mass is 16.7. The summed E-state index contributed by atoms with van der Waals surface area (Å²) in [5, 5.41) is 31.3. The van der Waals surface area contributed by atoms with Crippen molar-refractivity contribution in [2.24, 2.45) is 0 Å². The molecule has 6 unspecified atom stereocenters. The van der Waals surface area contributed by atoms with Crippen LogP contribution in [0, 0.1) is 0 Å². The van der Waals surface area contributed by atoms with Gasteiger partial charge in [0.1, 0.15) is 18.8 Å². The van der Waals surface area contributed by atoms with Gasteiger partial charge in [-0.15, -0.1) is 0 Å². The molecule has 0 radical (unpaired) electrons. The number of esters is 3. The van der Waals surface area contributed by atoms with Crippen molar-refractivity contribution in [2.75, 3.05) is 13.2 Å². The maximum absolute atomic E-state index is 13.0. The second-order valence-corrected chi connectivity index (χ2v) is 17.4. The van der Waals surface area contributed by atoms with E-state index in [0.29, 0.717) is 25.7 Å². The fourth-order valence-corrected chi connectivity index (χ4v) is 7.19. The van der Waals surface area contributed by atoms with E-state index < -0.39 is 67.3 Å². The molecular weight excluding hydrogens is 877 g/mol. The number of carbonyl (C=O) groups is 4. The van der Waals surface area contributed by atoms with Crippen molar-refractivity contribution >= 4 is 23.9 Å². The molecular formula is C57H90O12. The second-order valence-electron chi connectivity index (χ2n) is 17.4. The molecule has 1 aliphatic heterocycles. The molecule has 69 heavy (non-hydrogen) atoms. The first-order valence-electron chi connectivity index (χ1n) is 26.2. The van der Waals surface area contributed by atoms with Crippen LogP contribution in [0.2, 0.25) is 0 Å². The molecule has 0 aliphatic carbocycles. The third-order valence-corrected chi connectivity index (χ3v) is 11.2. The molecule has 390 valence electrons. The minimum absolute atomic E-state index is 0.00192. The number of aliphatic carboxylic acids is 1. The van der Waals surface area contributed by atoms with Crippen LogP contribution in [0.5, 0.6) is 0 Å². The van der Waals surface area contributed by atoms with E-state index in [1.54, 1.807) is 0 Å². The topological polar surface area (TPSA) is 175 Å². The van der Waals surface area contributed by atoms with E-state index in [9.17, 15) is 34.5 Å². The summed E-state index contributed by atoms with van der Waals surface area (Å²) in [5.74, 6) is -3.30. The van der Waals surface area contributed by atoms with Crippen LogP contribution >= 0.6 is 0 Å². The van der Waals surface area contributed by atoms with Gasteiger partial charge >= 0.3 is 23.9 Å². The van der Waals surface area contributed by atoms with Crippen LogP contribution in [0.3, 0.4) is 0 Å². The van der Waals surface area contributed by atoms with Crippen molar-refractivity contribution in [3.8, 4) is 0 Å². The van der Waals surface area contributed by atoms with Gasteiger partial charge in [0.25, 0.3) is 0 Å². The Hall–Kier alpha value is -4.36. The largest absolute Gasteiger partial charge is 0.479 e. The normalized spacial score (nSPS) is 19.5. The minimum atomic E-state index is -1.93. The summed E-state index contributed by atoms with van der Waals surface area (Å²) in [4.78, 5) is 50.8. The summed E-state index contributed by atoms with van der Waals surface area (Å²) in [6.45, 7) is 5.63. The Morgan fingerprint density at radius 2 is 0.942 bits per heavy atom. The molecule has 1 fully saturated rings. The Balaban J connectivity index is 2.80. The van der Waals surface area contributed by atoms with E-state index >= 15 is 0 Å². The van der Waals surface area contributed by atoms with Gasteiger partial charge in [0.2, 0.25) is 0 Å². The second kappa shape index (κ2) is 44.8. The van der Waals surface area contributed by atoms with Crippen molar-refractivity contribution in [1.29, 1.82) is 0 Å². The van der Waals surface area contributed by atoms with E-state index in [0.717, 1.165) is 77.0 Å². The Kier molecular flexibility index (Phi) is 40.7. The highest BCUT2D eigenvalue weighted by molar-refractivity contribution is 5.74. The number of carboxylic acids is 1. The maximum atomic E-state index is 13.0. The number of rotatable bonds is 42. The smallest absolute Gasteiger partial charge is 0.335 e. The molecule has 0 saturated carbocycles. The lowest BCUT2D eigenvalue weighted by atomic mass is 9.98. The molecule has 0 aromatic rings. The first-order valence-corrected chi connectivity index (χ1v) is 26.2. The molecule has 1 saturated heterocycles. The molecule has 0 aromatic carbocycles. The number of carbonyl (C=O) groups excluding carboxylic acids is 3. The first kappa shape index (κ1) is 62.7. The summed E-state index contributed by atoms with van der Waals surface area (Å²) >= 11 is 0. The van der Waals surface area contributed by atoms with Gasteiger partial charge in [-0.2, -0.15) is 0 Å². The lowest BCUT2D eigenvalue weighted by Gasteiger charge is -2.40. The number of unbranched alkanes of at least 4 members (excludes halogenated alkanes) is 12. The summed E-state index contributed by atoms with van der Waals surface area (Å²) in [6, 6.07) is 0. The average molecular weight is 967 g/mol. The number of hydrogen-bond donors (Lipinski definition) is 3. The number of ether oxygens (including phenoxy) is 5. The van der Waals surface area contributed by atoms with Gasteiger partial charge in [-0.25, -0.2) is 4.79 Å². The molecule has 1 heterocycles. The zero-order chi connectivity index (χ0) is 50.4. The average Bonchev–Trinajstić information content (AvgIpc) is 3.33. The number of aliphatic hydroxyl groups is 2. The number of aliphatic hydroxyl groups excluding tert-OH is 2. The predicted octanol–water partition coefficient (Wildman–Crippen LogP) is 12.6. The van der Waals surface area contributed by atoms with Crippen LogP contribution in [-0.2, 0) is 42.9 Å². The van der Waals surface area contributed by atoms with E-state index in [-0.39, 0.29) is 25.9 Å². The number of hydrogen-bond acceptors (Lipinski definition) is 11.